The van der Waals surface area contributed by atoms with Gasteiger partial charge in [0.15, 0.2) is 0 Å². The molecule has 0 aliphatic rings. The first kappa shape index (κ1) is 14.1. The van der Waals surface area contributed by atoms with Gasteiger partial charge in [-0.05, 0) is 46.2 Å². The lowest BCUT2D eigenvalue weighted by Crippen LogP contribution is -1.93. The molecule has 0 atom stereocenters. The first-order valence-corrected chi connectivity index (χ1v) is 6.98. The maximum atomic E-state index is 9.39. The first-order chi connectivity index (χ1) is 10.8. The van der Waals surface area contributed by atoms with E-state index in [-0.39, 0.29) is 6.61 Å². The molecule has 3 heteroatoms. The zero-order valence-electron chi connectivity index (χ0n) is 12.2. The summed E-state index contributed by atoms with van der Waals surface area (Å²) in [5.74, 6) is 0.720. The van der Waals surface area contributed by atoms with E-state index in [1.54, 1.807) is 7.11 Å². The zero-order valence-corrected chi connectivity index (χ0v) is 12.2. The number of rotatable bonds is 3. The Morgan fingerprint density at radius 2 is 1.86 bits per heavy atom. The van der Waals surface area contributed by atoms with Crippen molar-refractivity contribution >= 4 is 10.8 Å². The molecule has 0 aromatic heterocycles. The van der Waals surface area contributed by atoms with Crippen LogP contribution < -0.4 is 4.74 Å². The van der Waals surface area contributed by atoms with Gasteiger partial charge in [0.1, 0.15) is 5.75 Å². The molecule has 0 unspecified atom stereocenters. The average Bonchev–Trinajstić information content (AvgIpc) is 2.60. The summed E-state index contributed by atoms with van der Waals surface area (Å²) in [6.07, 6.45) is 0. The summed E-state index contributed by atoms with van der Waals surface area (Å²) in [4.78, 5) is 0. The molecule has 108 valence electrons. The van der Waals surface area contributed by atoms with Crippen LogP contribution in [0.1, 0.15) is 11.1 Å². The highest BCUT2D eigenvalue weighted by molar-refractivity contribution is 5.99. The monoisotopic (exact) mass is 289 g/mol. The summed E-state index contributed by atoms with van der Waals surface area (Å²) in [7, 11) is 1.62. The van der Waals surface area contributed by atoms with E-state index in [0.29, 0.717) is 5.56 Å². The molecule has 0 bridgehead atoms. The lowest BCUT2D eigenvalue weighted by Gasteiger charge is -2.13. The van der Waals surface area contributed by atoms with E-state index in [1.165, 1.54) is 0 Å². The Morgan fingerprint density at radius 1 is 1.05 bits per heavy atom. The van der Waals surface area contributed by atoms with Crippen molar-refractivity contribution in [1.29, 1.82) is 5.26 Å². The standard InChI is InChI=1S/C19H15NO2/c1-22-19-7-6-13(12-21)9-18(19)17-10-14(11-20)8-15-4-2-3-5-16(15)17/h2-10,21H,12H2,1H3. The van der Waals surface area contributed by atoms with Gasteiger partial charge in [-0.15, -0.1) is 0 Å². The van der Waals surface area contributed by atoms with Crippen LogP contribution in [0.15, 0.2) is 54.6 Å². The summed E-state index contributed by atoms with van der Waals surface area (Å²) >= 11 is 0. The number of nitrogens with zero attached hydrogens (tertiary/aromatic N) is 1. The molecule has 3 nitrogen and oxygen atoms in total. The van der Waals surface area contributed by atoms with Crippen molar-refractivity contribution < 1.29 is 9.84 Å². The normalized spacial score (nSPS) is 10.4. The minimum absolute atomic E-state index is 0.0349. The molecule has 3 rings (SSSR count). The fourth-order valence-electron chi connectivity index (χ4n) is 2.66. The fourth-order valence-corrected chi connectivity index (χ4v) is 2.66. The highest BCUT2D eigenvalue weighted by Crippen LogP contribution is 2.36. The van der Waals surface area contributed by atoms with Crippen LogP contribution in [0, 0.1) is 11.3 Å². The summed E-state index contributed by atoms with van der Waals surface area (Å²) in [6, 6.07) is 19.5. The number of ether oxygens (including phenoxy) is 1. The Bertz CT molecular complexity index is 878. The highest BCUT2D eigenvalue weighted by atomic mass is 16.5. The number of aliphatic hydroxyl groups excluding tert-OH is 1. The van der Waals surface area contributed by atoms with Crippen LogP contribution in [0.25, 0.3) is 21.9 Å². The summed E-state index contributed by atoms with van der Waals surface area (Å²) in [6.45, 7) is -0.0349. The fraction of sp³-hybridized carbons (Fsp3) is 0.105. The van der Waals surface area contributed by atoms with Crippen molar-refractivity contribution in [2.75, 3.05) is 7.11 Å². The quantitative estimate of drug-likeness (QED) is 0.796. The van der Waals surface area contributed by atoms with Crippen LogP contribution in [0.3, 0.4) is 0 Å². The van der Waals surface area contributed by atoms with Crippen molar-refractivity contribution in [3.05, 3.63) is 65.7 Å². The number of benzene rings is 3. The predicted octanol–water partition coefficient (Wildman–Crippen LogP) is 3.88. The van der Waals surface area contributed by atoms with E-state index in [2.05, 4.69) is 6.07 Å². The van der Waals surface area contributed by atoms with E-state index in [1.807, 2.05) is 54.6 Å². The smallest absolute Gasteiger partial charge is 0.126 e. The number of methoxy groups -OCH3 is 1. The van der Waals surface area contributed by atoms with Crippen molar-refractivity contribution in [2.24, 2.45) is 0 Å². The molecule has 1 N–H and O–H groups in total. The third-order valence-electron chi connectivity index (χ3n) is 3.73. The van der Waals surface area contributed by atoms with Gasteiger partial charge < -0.3 is 9.84 Å². The van der Waals surface area contributed by atoms with Crippen molar-refractivity contribution in [1.82, 2.24) is 0 Å². The molecule has 0 saturated heterocycles. The van der Waals surface area contributed by atoms with Crippen molar-refractivity contribution in [3.63, 3.8) is 0 Å². The lowest BCUT2D eigenvalue weighted by atomic mass is 9.94. The van der Waals surface area contributed by atoms with Gasteiger partial charge in [-0.2, -0.15) is 5.26 Å². The number of aliphatic hydroxyl groups is 1. The van der Waals surface area contributed by atoms with Crippen LogP contribution in [-0.2, 0) is 6.61 Å². The Balaban J connectivity index is 2.36. The van der Waals surface area contributed by atoms with E-state index in [9.17, 15) is 10.4 Å². The van der Waals surface area contributed by atoms with Crippen LogP contribution in [-0.4, -0.2) is 12.2 Å². The zero-order chi connectivity index (χ0) is 15.5. The molecule has 0 aliphatic heterocycles. The Morgan fingerprint density at radius 3 is 2.59 bits per heavy atom. The van der Waals surface area contributed by atoms with Crippen LogP contribution in [0.5, 0.6) is 5.75 Å². The van der Waals surface area contributed by atoms with Gasteiger partial charge in [0.25, 0.3) is 0 Å². The Labute approximate surface area is 129 Å². The first-order valence-electron chi connectivity index (χ1n) is 6.98. The number of hydrogen-bond acceptors (Lipinski definition) is 3. The minimum Gasteiger partial charge on any atom is -0.496 e. The van der Waals surface area contributed by atoms with Gasteiger partial charge in [0.2, 0.25) is 0 Å². The molecular formula is C19H15NO2. The molecule has 3 aromatic rings. The molecule has 0 fully saturated rings. The maximum Gasteiger partial charge on any atom is 0.126 e. The molecule has 0 heterocycles. The van der Waals surface area contributed by atoms with E-state index in [0.717, 1.165) is 33.2 Å². The van der Waals surface area contributed by atoms with Gasteiger partial charge in [-0.3, -0.25) is 0 Å². The molecule has 0 radical (unpaired) electrons. The molecule has 22 heavy (non-hydrogen) atoms. The molecule has 0 amide bonds. The molecule has 0 saturated carbocycles. The van der Waals surface area contributed by atoms with E-state index in [4.69, 9.17) is 4.74 Å². The third kappa shape index (κ3) is 2.41. The maximum absolute atomic E-state index is 9.39. The average molecular weight is 289 g/mol. The van der Waals surface area contributed by atoms with E-state index >= 15 is 0 Å². The molecule has 0 spiro atoms. The van der Waals surface area contributed by atoms with Gasteiger partial charge in [-0.25, -0.2) is 0 Å². The van der Waals surface area contributed by atoms with Gasteiger partial charge in [0, 0.05) is 5.56 Å². The second kappa shape index (κ2) is 5.88. The van der Waals surface area contributed by atoms with Crippen molar-refractivity contribution in [2.45, 2.75) is 6.61 Å². The van der Waals surface area contributed by atoms with Gasteiger partial charge in [-0.1, -0.05) is 30.3 Å². The predicted molar refractivity (Wildman–Crippen MR) is 86.6 cm³/mol. The summed E-state index contributed by atoms with van der Waals surface area (Å²) < 4.78 is 5.46. The SMILES string of the molecule is COc1ccc(CO)cc1-c1cc(C#N)cc2ccccc12. The second-order valence-electron chi connectivity index (χ2n) is 5.05. The lowest BCUT2D eigenvalue weighted by molar-refractivity contribution is 0.281. The molecule has 3 aromatic carbocycles. The summed E-state index contributed by atoms with van der Waals surface area (Å²) in [5, 5.41) is 20.7. The second-order valence-corrected chi connectivity index (χ2v) is 5.05. The Hall–Kier alpha value is -2.83. The third-order valence-corrected chi connectivity index (χ3v) is 3.73. The minimum atomic E-state index is -0.0349. The topological polar surface area (TPSA) is 53.2 Å². The number of fused-ring (bicyclic) bond motifs is 1. The van der Waals surface area contributed by atoms with E-state index < -0.39 is 0 Å². The van der Waals surface area contributed by atoms with Gasteiger partial charge in [0.05, 0.1) is 25.3 Å². The van der Waals surface area contributed by atoms with Crippen molar-refractivity contribution in [3.8, 4) is 22.9 Å². The molecular weight excluding hydrogens is 274 g/mol. The van der Waals surface area contributed by atoms with Crippen LogP contribution >= 0.6 is 0 Å². The number of hydrogen-bond donors (Lipinski definition) is 1. The number of nitriles is 1. The molecule has 0 aliphatic carbocycles. The van der Waals surface area contributed by atoms with Gasteiger partial charge >= 0.3 is 0 Å². The highest BCUT2D eigenvalue weighted by Gasteiger charge is 2.12. The summed E-state index contributed by atoms with van der Waals surface area (Å²) in [5.41, 5.74) is 3.22. The Kier molecular flexibility index (Phi) is 3.78. The van der Waals surface area contributed by atoms with Crippen LogP contribution in [0.4, 0.5) is 0 Å². The van der Waals surface area contributed by atoms with Crippen LogP contribution in [0.2, 0.25) is 0 Å². The largest absolute Gasteiger partial charge is 0.496 e.